The Morgan fingerprint density at radius 1 is 0.774 bits per heavy atom. The van der Waals surface area contributed by atoms with Gasteiger partial charge in [-0.1, -0.05) is 19.3 Å². The third-order valence-electron chi connectivity index (χ3n) is 3.56. The van der Waals surface area contributed by atoms with Gasteiger partial charge >= 0.3 is 39.3 Å². The van der Waals surface area contributed by atoms with Gasteiger partial charge in [-0.05, 0) is 26.9 Å². The van der Waals surface area contributed by atoms with Gasteiger partial charge in [-0.2, -0.15) is 56.7 Å². The van der Waals surface area contributed by atoms with E-state index in [1.54, 1.807) is 0 Å². The number of unbranched alkanes of at least 4 members (excludes halogenated alkanes) is 3. The highest BCUT2D eigenvalue weighted by Crippen LogP contribution is 2.55. The molecule has 0 aromatic heterocycles. The summed E-state index contributed by atoms with van der Waals surface area (Å²) in [6, 6.07) is 0. The Kier molecular flexibility index (Phi) is 11.7. The first-order valence-electron chi connectivity index (χ1n) is 8.32. The van der Waals surface area contributed by atoms with E-state index in [2.05, 4.69) is 5.32 Å². The van der Waals surface area contributed by atoms with Gasteiger partial charge in [0.1, 0.15) is 0 Å². The van der Waals surface area contributed by atoms with Gasteiger partial charge in [0.2, 0.25) is 0 Å². The molecule has 0 aliphatic rings. The van der Waals surface area contributed by atoms with Crippen molar-refractivity contribution in [2.45, 2.75) is 73.9 Å². The summed E-state index contributed by atoms with van der Waals surface area (Å²) in [7, 11) is -3.53. The van der Waals surface area contributed by atoms with Crippen molar-refractivity contribution in [1.82, 2.24) is 5.32 Å². The molecule has 0 aliphatic carbocycles. The van der Waals surface area contributed by atoms with Gasteiger partial charge in [0.25, 0.3) is 0 Å². The van der Waals surface area contributed by atoms with Crippen molar-refractivity contribution in [2.24, 2.45) is 0 Å². The lowest BCUT2D eigenvalue weighted by Crippen LogP contribution is -2.66. The molecule has 0 saturated carbocycles. The van der Waals surface area contributed by atoms with Crippen LogP contribution in [-0.2, 0) is 10.1 Å². The zero-order chi connectivity index (χ0) is 25.5. The van der Waals surface area contributed by atoms with Crippen molar-refractivity contribution in [3.8, 4) is 0 Å². The molecule has 0 bridgehead atoms. The lowest BCUT2D eigenvalue weighted by atomic mass is 9.96. The smallest absolute Gasteiger partial charge is 0.323 e. The number of nitrogens with one attached hydrogen (secondary N) is 1. The normalized spacial score (nSPS) is 15.3. The van der Waals surface area contributed by atoms with Crippen LogP contribution in [-0.4, -0.2) is 62.4 Å². The minimum atomic E-state index is -7.39. The van der Waals surface area contributed by atoms with E-state index < -0.39 is 77.6 Å². The van der Waals surface area contributed by atoms with Crippen LogP contribution in [0.3, 0.4) is 0 Å². The molecule has 0 amide bonds. The molecule has 0 aromatic rings. The minimum Gasteiger partial charge on any atom is -0.323 e. The first-order valence-corrected chi connectivity index (χ1v) is 9.76. The lowest BCUT2D eigenvalue weighted by Gasteiger charge is -2.36. The average Bonchev–Trinajstić information content (AvgIpc) is 2.55. The van der Waals surface area contributed by atoms with E-state index in [0.717, 1.165) is 0 Å². The summed E-state index contributed by atoms with van der Waals surface area (Å²) >= 11 is 0. The molecular weight excluding hydrogens is 490 g/mol. The maximum Gasteiger partial charge on any atom is 0.438 e. The van der Waals surface area contributed by atoms with Crippen LogP contribution in [0.4, 0.5) is 52.7 Å². The van der Waals surface area contributed by atoms with E-state index in [-0.39, 0.29) is 6.42 Å². The zero-order valence-electron chi connectivity index (χ0n) is 16.0. The van der Waals surface area contributed by atoms with E-state index in [9.17, 15) is 61.1 Å². The van der Waals surface area contributed by atoms with Crippen molar-refractivity contribution in [1.29, 1.82) is 0 Å². The van der Waals surface area contributed by atoms with E-state index >= 15 is 0 Å². The number of rotatable bonds is 11. The molecule has 2 N–H and O–H groups in total. The van der Waals surface area contributed by atoms with Crippen LogP contribution in [0.1, 0.15) is 38.5 Å². The molecule has 0 radical (unpaired) electrons. The van der Waals surface area contributed by atoms with Gasteiger partial charge in [0.05, 0.1) is 0 Å². The molecule has 0 fully saturated rings. The summed E-state index contributed by atoms with van der Waals surface area (Å²) in [5.41, 5.74) is 0. The molecule has 0 heterocycles. The fraction of sp³-hybridized carbons (Fsp3) is 1.00. The van der Waals surface area contributed by atoms with Crippen molar-refractivity contribution in [3.05, 3.63) is 0 Å². The summed E-state index contributed by atoms with van der Waals surface area (Å²) < 4.78 is 183. The summed E-state index contributed by atoms with van der Waals surface area (Å²) in [6.07, 6.45) is -13.5. The molecule has 0 saturated heterocycles. The van der Waals surface area contributed by atoms with E-state index in [1.165, 1.54) is 0 Å². The standard InChI is InChI=1S/C12H14F12O3S.C2H7N/c13-7(5-3-1-2-4-6-8(14,15)16)9(17,18)10(19,20)11(21,22)12(23,24)28(25,26)27;1-3-2/h7H,1-6H2,(H,25,26,27);3H,1-2H3. The molecule has 31 heavy (non-hydrogen) atoms. The van der Waals surface area contributed by atoms with Gasteiger partial charge < -0.3 is 5.32 Å². The Balaban J connectivity index is 0. The Labute approximate surface area is 170 Å². The number of halogens is 12. The van der Waals surface area contributed by atoms with Crippen LogP contribution in [0, 0.1) is 0 Å². The fourth-order valence-corrected chi connectivity index (χ4v) is 2.39. The zero-order valence-corrected chi connectivity index (χ0v) is 16.8. The molecule has 0 aliphatic heterocycles. The Bertz CT molecular complexity index is 637. The Morgan fingerprint density at radius 2 is 1.16 bits per heavy atom. The number of hydrogen-bond acceptors (Lipinski definition) is 3. The third kappa shape index (κ3) is 8.14. The summed E-state index contributed by atoms with van der Waals surface area (Å²) in [5.74, 6) is -21.1. The minimum absolute atomic E-state index is 0.300. The molecule has 0 spiro atoms. The van der Waals surface area contributed by atoms with Crippen molar-refractivity contribution >= 4 is 10.1 Å². The highest BCUT2D eigenvalue weighted by atomic mass is 32.2. The van der Waals surface area contributed by atoms with Crippen LogP contribution in [0.15, 0.2) is 0 Å². The first-order chi connectivity index (χ1) is 13.5. The lowest BCUT2D eigenvalue weighted by molar-refractivity contribution is -0.359. The van der Waals surface area contributed by atoms with Gasteiger partial charge in [0, 0.05) is 6.42 Å². The molecule has 0 rings (SSSR count). The van der Waals surface area contributed by atoms with Gasteiger partial charge in [-0.25, -0.2) is 4.39 Å². The van der Waals surface area contributed by atoms with Crippen LogP contribution < -0.4 is 5.32 Å². The Morgan fingerprint density at radius 3 is 1.52 bits per heavy atom. The molecule has 17 heteroatoms. The highest BCUT2D eigenvalue weighted by Gasteiger charge is 2.85. The fourth-order valence-electron chi connectivity index (χ4n) is 1.93. The van der Waals surface area contributed by atoms with Gasteiger partial charge in [0.15, 0.2) is 6.17 Å². The van der Waals surface area contributed by atoms with Crippen molar-refractivity contribution in [2.75, 3.05) is 14.1 Å². The van der Waals surface area contributed by atoms with Crippen LogP contribution in [0.2, 0.25) is 0 Å². The third-order valence-corrected chi connectivity index (χ3v) is 4.47. The van der Waals surface area contributed by atoms with Crippen LogP contribution in [0.5, 0.6) is 0 Å². The van der Waals surface area contributed by atoms with E-state index in [1.807, 2.05) is 14.1 Å². The van der Waals surface area contributed by atoms with Crippen molar-refractivity contribution < 1.29 is 65.7 Å². The second kappa shape index (κ2) is 11.2. The molecule has 1 unspecified atom stereocenters. The quantitative estimate of drug-likeness (QED) is 0.220. The molecule has 190 valence electrons. The monoisotopic (exact) mass is 511 g/mol. The predicted octanol–water partition coefficient (Wildman–Crippen LogP) is 5.45. The van der Waals surface area contributed by atoms with Gasteiger partial charge in [-0.3, -0.25) is 4.55 Å². The second-order valence-electron chi connectivity index (χ2n) is 6.30. The van der Waals surface area contributed by atoms with E-state index in [0.29, 0.717) is 0 Å². The van der Waals surface area contributed by atoms with Crippen LogP contribution in [0.25, 0.3) is 0 Å². The molecule has 4 nitrogen and oxygen atoms in total. The van der Waals surface area contributed by atoms with Gasteiger partial charge in [-0.15, -0.1) is 0 Å². The second-order valence-corrected chi connectivity index (χ2v) is 7.76. The highest BCUT2D eigenvalue weighted by molar-refractivity contribution is 7.87. The maximum absolute atomic E-state index is 13.4. The van der Waals surface area contributed by atoms with Crippen LogP contribution >= 0.6 is 0 Å². The Hall–Kier alpha value is -0.970. The van der Waals surface area contributed by atoms with Crippen molar-refractivity contribution in [3.63, 3.8) is 0 Å². The summed E-state index contributed by atoms with van der Waals surface area (Å²) in [6.45, 7) is 0. The van der Waals surface area contributed by atoms with E-state index in [4.69, 9.17) is 4.55 Å². The maximum atomic E-state index is 13.4. The molecular formula is C14H21F12NO3S. The predicted molar refractivity (Wildman–Crippen MR) is 85.0 cm³/mol. The topological polar surface area (TPSA) is 66.4 Å². The first kappa shape index (κ1) is 32.2. The largest absolute Gasteiger partial charge is 0.438 e. The molecule has 0 aromatic carbocycles. The summed E-state index contributed by atoms with van der Waals surface area (Å²) in [5, 5.41) is -4.32. The number of hydrogen-bond donors (Lipinski definition) is 2. The SMILES string of the molecule is CNC.O=S(=O)(O)C(F)(F)C(F)(F)C(F)(F)C(F)(F)C(F)CCCCCCC(F)(F)F. The molecule has 1 atom stereocenters. The summed E-state index contributed by atoms with van der Waals surface area (Å²) in [4.78, 5) is 0. The number of alkyl halides is 12. The average molecular weight is 511 g/mol.